The molecule has 1 N–H and O–H groups in total. The van der Waals surface area contributed by atoms with Crippen LogP contribution in [0.4, 0.5) is 13.6 Å². The normalized spacial score (nSPS) is 10.0. The van der Waals surface area contributed by atoms with Gasteiger partial charge in [0.1, 0.15) is 5.82 Å². The molecule has 0 aliphatic rings. The summed E-state index contributed by atoms with van der Waals surface area (Å²) < 4.78 is 31.2. The van der Waals surface area contributed by atoms with E-state index in [0.29, 0.717) is 0 Å². The fourth-order valence-corrected chi connectivity index (χ4v) is 1.17. The van der Waals surface area contributed by atoms with Crippen LogP contribution in [0.25, 0.3) is 0 Å². The zero-order valence-corrected chi connectivity index (χ0v) is 8.83. The first kappa shape index (κ1) is 12.2. The Hall–Kier alpha value is -1.85. The highest BCUT2D eigenvalue weighted by molar-refractivity contribution is 5.64. The second-order valence-corrected chi connectivity index (χ2v) is 3.22. The number of ether oxygens (including phenoxy) is 1. The molecular formula is C10H11F2NO3. The van der Waals surface area contributed by atoms with Gasteiger partial charge in [0.05, 0.1) is 13.7 Å². The van der Waals surface area contributed by atoms with Crippen LogP contribution in [0.5, 0.6) is 5.75 Å². The summed E-state index contributed by atoms with van der Waals surface area (Å²) in [6, 6.07) is 1.81. The van der Waals surface area contributed by atoms with Gasteiger partial charge in [0.25, 0.3) is 0 Å². The number of amides is 1. The van der Waals surface area contributed by atoms with Crippen molar-refractivity contribution in [2.45, 2.75) is 6.54 Å². The topological polar surface area (TPSA) is 49.8 Å². The molecule has 0 saturated heterocycles. The van der Waals surface area contributed by atoms with Crippen molar-refractivity contribution in [3.8, 4) is 5.75 Å². The molecule has 1 aromatic rings. The molecule has 0 heterocycles. The molecule has 4 nitrogen and oxygen atoms in total. The van der Waals surface area contributed by atoms with Crippen LogP contribution in [0.15, 0.2) is 12.1 Å². The second kappa shape index (κ2) is 4.78. The Morgan fingerprint density at radius 2 is 2.06 bits per heavy atom. The van der Waals surface area contributed by atoms with E-state index in [0.717, 1.165) is 17.0 Å². The summed E-state index contributed by atoms with van der Waals surface area (Å²) >= 11 is 0. The molecule has 0 aliphatic heterocycles. The molecular weight excluding hydrogens is 220 g/mol. The van der Waals surface area contributed by atoms with E-state index in [-0.39, 0.29) is 17.9 Å². The molecule has 1 rings (SSSR count). The Bertz CT molecular complexity index is 409. The van der Waals surface area contributed by atoms with E-state index in [1.165, 1.54) is 14.2 Å². The first-order valence-corrected chi connectivity index (χ1v) is 4.41. The first-order valence-electron chi connectivity index (χ1n) is 4.41. The standard InChI is InChI=1S/C10H11F2NO3/c1-13(10(14)15)5-6-3-8(12)9(16-2)4-7(6)11/h3-4H,5H2,1-2H3,(H,14,15). The van der Waals surface area contributed by atoms with Gasteiger partial charge in [-0.25, -0.2) is 13.6 Å². The summed E-state index contributed by atoms with van der Waals surface area (Å²) in [6.45, 7) is -0.220. The second-order valence-electron chi connectivity index (χ2n) is 3.22. The zero-order valence-electron chi connectivity index (χ0n) is 8.83. The van der Waals surface area contributed by atoms with Crippen LogP contribution in [0, 0.1) is 11.6 Å². The molecule has 1 amide bonds. The van der Waals surface area contributed by atoms with E-state index in [1.807, 2.05) is 0 Å². The van der Waals surface area contributed by atoms with Crippen molar-refractivity contribution in [3.63, 3.8) is 0 Å². The molecule has 0 aliphatic carbocycles. The van der Waals surface area contributed by atoms with Gasteiger partial charge in [-0.1, -0.05) is 0 Å². The first-order chi connectivity index (χ1) is 7.45. The molecule has 0 radical (unpaired) electrons. The Morgan fingerprint density at radius 1 is 1.44 bits per heavy atom. The lowest BCUT2D eigenvalue weighted by molar-refractivity contribution is 0.153. The minimum absolute atomic E-state index is 0.0387. The number of carbonyl (C=O) groups is 1. The molecule has 0 bridgehead atoms. The molecule has 6 heteroatoms. The van der Waals surface area contributed by atoms with Gasteiger partial charge in [-0.05, 0) is 6.07 Å². The predicted octanol–water partition coefficient (Wildman–Crippen LogP) is 2.08. The summed E-state index contributed by atoms with van der Waals surface area (Å²) in [6.07, 6.45) is -1.21. The molecule has 16 heavy (non-hydrogen) atoms. The fraction of sp³-hybridized carbons (Fsp3) is 0.300. The average Bonchev–Trinajstić information content (AvgIpc) is 2.22. The largest absolute Gasteiger partial charge is 0.494 e. The van der Waals surface area contributed by atoms with E-state index >= 15 is 0 Å². The van der Waals surface area contributed by atoms with Crippen molar-refractivity contribution in [2.24, 2.45) is 0 Å². The van der Waals surface area contributed by atoms with Gasteiger partial charge in [-0.15, -0.1) is 0 Å². The number of halogens is 2. The predicted molar refractivity (Wildman–Crippen MR) is 52.4 cm³/mol. The summed E-state index contributed by atoms with van der Waals surface area (Å²) in [5.74, 6) is -1.64. The number of hydrogen-bond acceptors (Lipinski definition) is 2. The van der Waals surface area contributed by atoms with E-state index in [1.54, 1.807) is 0 Å². The van der Waals surface area contributed by atoms with Crippen molar-refractivity contribution in [1.29, 1.82) is 0 Å². The van der Waals surface area contributed by atoms with Crippen LogP contribution in [-0.2, 0) is 6.54 Å². The Labute approximate surface area is 91.1 Å². The van der Waals surface area contributed by atoms with Gasteiger partial charge < -0.3 is 14.7 Å². The van der Waals surface area contributed by atoms with Crippen LogP contribution >= 0.6 is 0 Å². The quantitative estimate of drug-likeness (QED) is 0.866. The Morgan fingerprint density at radius 3 is 2.56 bits per heavy atom. The summed E-state index contributed by atoms with van der Waals surface area (Å²) in [4.78, 5) is 11.4. The molecule has 88 valence electrons. The van der Waals surface area contributed by atoms with Crippen molar-refractivity contribution in [1.82, 2.24) is 4.90 Å². The Balaban J connectivity index is 2.98. The minimum atomic E-state index is -1.21. The maximum atomic E-state index is 13.4. The number of carboxylic acid groups (broad SMARTS) is 1. The molecule has 0 unspecified atom stereocenters. The number of hydrogen-bond donors (Lipinski definition) is 1. The lowest BCUT2D eigenvalue weighted by Crippen LogP contribution is -2.24. The van der Waals surface area contributed by atoms with Crippen LogP contribution < -0.4 is 4.74 Å². The monoisotopic (exact) mass is 231 g/mol. The number of benzene rings is 1. The summed E-state index contributed by atoms with van der Waals surface area (Å²) in [5.41, 5.74) is -0.0387. The van der Waals surface area contributed by atoms with Crippen LogP contribution in [0.3, 0.4) is 0 Å². The van der Waals surface area contributed by atoms with E-state index in [4.69, 9.17) is 5.11 Å². The van der Waals surface area contributed by atoms with Crippen LogP contribution in [0.1, 0.15) is 5.56 Å². The van der Waals surface area contributed by atoms with Gasteiger partial charge in [0.2, 0.25) is 0 Å². The molecule has 0 atom stereocenters. The van der Waals surface area contributed by atoms with Crippen LogP contribution in [0.2, 0.25) is 0 Å². The fourth-order valence-electron chi connectivity index (χ4n) is 1.17. The van der Waals surface area contributed by atoms with E-state index in [9.17, 15) is 13.6 Å². The van der Waals surface area contributed by atoms with Gasteiger partial charge in [0, 0.05) is 18.7 Å². The smallest absolute Gasteiger partial charge is 0.407 e. The lowest BCUT2D eigenvalue weighted by atomic mass is 10.2. The average molecular weight is 231 g/mol. The maximum Gasteiger partial charge on any atom is 0.407 e. The van der Waals surface area contributed by atoms with Gasteiger partial charge in [-0.2, -0.15) is 0 Å². The summed E-state index contributed by atoms with van der Waals surface area (Å²) in [5, 5.41) is 8.59. The molecule has 0 spiro atoms. The molecule has 0 aromatic heterocycles. The van der Waals surface area contributed by atoms with Crippen LogP contribution in [-0.4, -0.2) is 30.3 Å². The summed E-state index contributed by atoms with van der Waals surface area (Å²) in [7, 11) is 2.49. The third kappa shape index (κ3) is 2.59. The molecule has 0 saturated carbocycles. The number of rotatable bonds is 3. The highest BCUT2D eigenvalue weighted by Gasteiger charge is 2.14. The molecule has 0 fully saturated rings. The molecule has 1 aromatic carbocycles. The lowest BCUT2D eigenvalue weighted by Gasteiger charge is -2.14. The highest BCUT2D eigenvalue weighted by Crippen LogP contribution is 2.21. The van der Waals surface area contributed by atoms with E-state index < -0.39 is 17.7 Å². The van der Waals surface area contributed by atoms with Gasteiger partial charge >= 0.3 is 6.09 Å². The third-order valence-electron chi connectivity index (χ3n) is 2.05. The Kier molecular flexibility index (Phi) is 3.65. The number of nitrogens with zero attached hydrogens (tertiary/aromatic N) is 1. The van der Waals surface area contributed by atoms with Crippen molar-refractivity contribution in [3.05, 3.63) is 29.3 Å². The van der Waals surface area contributed by atoms with Crippen molar-refractivity contribution >= 4 is 6.09 Å². The number of methoxy groups -OCH3 is 1. The highest BCUT2D eigenvalue weighted by atomic mass is 19.1. The van der Waals surface area contributed by atoms with E-state index in [2.05, 4.69) is 4.74 Å². The third-order valence-corrected chi connectivity index (χ3v) is 2.05. The SMILES string of the molecule is COc1cc(F)c(CN(C)C(=O)O)cc1F. The minimum Gasteiger partial charge on any atom is -0.494 e. The van der Waals surface area contributed by atoms with Crippen molar-refractivity contribution in [2.75, 3.05) is 14.2 Å². The van der Waals surface area contributed by atoms with Crippen molar-refractivity contribution < 1.29 is 23.4 Å². The zero-order chi connectivity index (χ0) is 12.3. The maximum absolute atomic E-state index is 13.4. The van der Waals surface area contributed by atoms with Gasteiger partial charge in [0.15, 0.2) is 11.6 Å². The van der Waals surface area contributed by atoms with Gasteiger partial charge in [-0.3, -0.25) is 0 Å².